The molecule has 3 nitrogen and oxygen atoms in total. The van der Waals surface area contributed by atoms with Crippen molar-refractivity contribution in [3.05, 3.63) is 0 Å². The van der Waals surface area contributed by atoms with Crippen LogP contribution in [0.2, 0.25) is 0 Å². The van der Waals surface area contributed by atoms with Crippen molar-refractivity contribution >= 4 is 24.0 Å². The number of nitrogens with zero attached hydrogens (tertiary/aromatic N) is 1. The van der Waals surface area contributed by atoms with E-state index in [1.807, 2.05) is 19.0 Å². The van der Waals surface area contributed by atoms with Crippen molar-refractivity contribution in [1.82, 2.24) is 11.1 Å². The Morgan fingerprint density at radius 3 is 2.18 bits per heavy atom. The van der Waals surface area contributed by atoms with Gasteiger partial charge in [0.05, 0.1) is 6.10 Å². The predicted molar refractivity (Wildman–Crippen MR) is 52.2 cm³/mol. The zero-order valence-electron chi connectivity index (χ0n) is 7.09. The van der Waals surface area contributed by atoms with Gasteiger partial charge in [-0.3, -0.25) is 0 Å². The second-order valence-electron chi connectivity index (χ2n) is 2.40. The lowest BCUT2D eigenvalue weighted by Crippen LogP contribution is -2.20. The molecule has 5 heteroatoms. The average Bonchev–Trinajstić information content (AvgIpc) is 1.83. The van der Waals surface area contributed by atoms with Crippen LogP contribution in [0.1, 0.15) is 6.42 Å². The van der Waals surface area contributed by atoms with Crippen LogP contribution in [0.4, 0.5) is 0 Å². The summed E-state index contributed by atoms with van der Waals surface area (Å²) in [4.78, 5) is 2.02. The third kappa shape index (κ3) is 13.5. The quantitative estimate of drug-likeness (QED) is 0.676. The lowest BCUT2D eigenvalue weighted by Gasteiger charge is -2.11. The molecule has 72 valence electrons. The van der Waals surface area contributed by atoms with Gasteiger partial charge in [0.1, 0.15) is 0 Å². The van der Waals surface area contributed by atoms with Crippen LogP contribution < -0.4 is 6.15 Å². The average molecular weight is 205 g/mol. The van der Waals surface area contributed by atoms with E-state index in [0.29, 0.717) is 5.88 Å². The van der Waals surface area contributed by atoms with Gasteiger partial charge < -0.3 is 16.2 Å². The molecule has 11 heavy (non-hydrogen) atoms. The normalized spacial score (nSPS) is 11.7. The van der Waals surface area contributed by atoms with Gasteiger partial charge in [0, 0.05) is 12.4 Å². The number of hydrogen-bond acceptors (Lipinski definition) is 3. The van der Waals surface area contributed by atoms with Crippen LogP contribution in [-0.4, -0.2) is 42.6 Å². The molecule has 0 aromatic rings. The van der Waals surface area contributed by atoms with Crippen LogP contribution in [0.15, 0.2) is 0 Å². The lowest BCUT2D eigenvalue weighted by atomic mass is 10.3. The molecule has 0 saturated carbocycles. The van der Waals surface area contributed by atoms with Crippen molar-refractivity contribution in [3.8, 4) is 0 Å². The topological polar surface area (TPSA) is 58.5 Å². The Morgan fingerprint density at radius 2 is 1.91 bits per heavy atom. The molecule has 0 aliphatic heterocycles. The first kappa shape index (κ1) is 17.5. The van der Waals surface area contributed by atoms with Crippen molar-refractivity contribution in [2.45, 2.75) is 12.5 Å². The Morgan fingerprint density at radius 1 is 1.45 bits per heavy atom. The van der Waals surface area contributed by atoms with Crippen molar-refractivity contribution in [2.24, 2.45) is 0 Å². The SMILES string of the molecule is CN(C)CCC(O)CCl.Cl.N. The number of aliphatic hydroxyl groups excluding tert-OH is 1. The number of aliphatic hydroxyl groups is 1. The molecule has 0 amide bonds. The summed E-state index contributed by atoms with van der Waals surface area (Å²) in [5.74, 6) is 0.341. The summed E-state index contributed by atoms with van der Waals surface area (Å²) in [7, 11) is 3.95. The predicted octanol–water partition coefficient (Wildman–Crippen LogP) is 1.12. The molecular weight excluding hydrogens is 187 g/mol. The highest BCUT2D eigenvalue weighted by molar-refractivity contribution is 6.18. The summed E-state index contributed by atoms with van der Waals surface area (Å²) in [5, 5.41) is 8.95. The van der Waals surface area contributed by atoms with Crippen LogP contribution in [0.5, 0.6) is 0 Å². The van der Waals surface area contributed by atoms with E-state index >= 15 is 0 Å². The van der Waals surface area contributed by atoms with E-state index in [1.165, 1.54) is 0 Å². The van der Waals surface area contributed by atoms with E-state index in [9.17, 15) is 0 Å². The maximum Gasteiger partial charge on any atom is 0.0687 e. The third-order valence-corrected chi connectivity index (χ3v) is 1.44. The molecule has 0 heterocycles. The van der Waals surface area contributed by atoms with Gasteiger partial charge in [-0.25, -0.2) is 0 Å². The van der Waals surface area contributed by atoms with Crippen LogP contribution in [0.3, 0.4) is 0 Å². The van der Waals surface area contributed by atoms with Crippen molar-refractivity contribution in [3.63, 3.8) is 0 Å². The maximum absolute atomic E-state index is 8.95. The van der Waals surface area contributed by atoms with Gasteiger partial charge in [-0.05, 0) is 20.5 Å². The first-order valence-corrected chi connectivity index (χ1v) is 3.59. The van der Waals surface area contributed by atoms with Gasteiger partial charge >= 0.3 is 0 Å². The molecule has 0 rings (SSSR count). The fourth-order valence-electron chi connectivity index (χ4n) is 0.484. The first-order chi connectivity index (χ1) is 4.16. The fourth-order valence-corrected chi connectivity index (χ4v) is 0.639. The molecule has 0 aliphatic carbocycles. The molecule has 1 unspecified atom stereocenters. The minimum atomic E-state index is -0.339. The number of rotatable bonds is 4. The minimum Gasteiger partial charge on any atom is -0.392 e. The van der Waals surface area contributed by atoms with Crippen molar-refractivity contribution in [2.75, 3.05) is 26.5 Å². The summed E-state index contributed by atoms with van der Waals surface area (Å²) in [6.07, 6.45) is 0.422. The zero-order chi connectivity index (χ0) is 7.28. The maximum atomic E-state index is 8.95. The first-order valence-electron chi connectivity index (χ1n) is 3.05. The second kappa shape index (κ2) is 10.5. The molecule has 0 radical (unpaired) electrons. The summed E-state index contributed by atoms with van der Waals surface area (Å²) in [6.45, 7) is 0.897. The molecule has 0 aromatic heterocycles. The third-order valence-electron chi connectivity index (χ3n) is 1.09. The van der Waals surface area contributed by atoms with Crippen molar-refractivity contribution < 1.29 is 5.11 Å². The summed E-state index contributed by atoms with van der Waals surface area (Å²) >= 11 is 5.37. The Labute approximate surface area is 79.7 Å². The standard InChI is InChI=1S/C6H14ClNO.ClH.H3N/c1-8(2)4-3-6(9)5-7;;/h6,9H,3-5H2,1-2H3;1H;1H3. The van der Waals surface area contributed by atoms with E-state index in [0.717, 1.165) is 13.0 Å². The monoisotopic (exact) mass is 204 g/mol. The van der Waals surface area contributed by atoms with Crippen molar-refractivity contribution in [1.29, 1.82) is 0 Å². The minimum absolute atomic E-state index is 0. The highest BCUT2D eigenvalue weighted by Gasteiger charge is 2.00. The smallest absolute Gasteiger partial charge is 0.0687 e. The van der Waals surface area contributed by atoms with Gasteiger partial charge in [0.25, 0.3) is 0 Å². The van der Waals surface area contributed by atoms with E-state index in [1.54, 1.807) is 0 Å². The Hall–Kier alpha value is 0.460. The molecule has 4 N–H and O–H groups in total. The zero-order valence-corrected chi connectivity index (χ0v) is 8.66. The van der Waals surface area contributed by atoms with Crippen LogP contribution in [0.25, 0.3) is 0 Å². The molecule has 1 atom stereocenters. The molecule has 0 fully saturated rings. The van der Waals surface area contributed by atoms with Gasteiger partial charge in [-0.15, -0.1) is 24.0 Å². The van der Waals surface area contributed by atoms with Gasteiger partial charge in [0.2, 0.25) is 0 Å². The number of alkyl halides is 1. The van der Waals surface area contributed by atoms with E-state index in [2.05, 4.69) is 0 Å². The summed E-state index contributed by atoms with van der Waals surface area (Å²) in [6, 6.07) is 0. The molecule has 0 aliphatic rings. The van der Waals surface area contributed by atoms with E-state index < -0.39 is 0 Å². The van der Waals surface area contributed by atoms with Crippen LogP contribution in [-0.2, 0) is 0 Å². The molecule has 0 saturated heterocycles. The Kier molecular flexibility index (Phi) is 16.7. The molecule has 0 spiro atoms. The molecule has 0 aromatic carbocycles. The Bertz CT molecular complexity index is 73.6. The van der Waals surface area contributed by atoms with Gasteiger partial charge in [0.15, 0.2) is 0 Å². The highest BCUT2D eigenvalue weighted by atomic mass is 35.5. The molecule has 0 bridgehead atoms. The molecular formula is C6H18Cl2N2O. The second-order valence-corrected chi connectivity index (χ2v) is 2.71. The van der Waals surface area contributed by atoms with Gasteiger partial charge in [-0.1, -0.05) is 0 Å². The fraction of sp³-hybridized carbons (Fsp3) is 1.00. The number of halogens is 2. The van der Waals surface area contributed by atoms with E-state index in [-0.39, 0.29) is 24.7 Å². The number of hydrogen-bond donors (Lipinski definition) is 2. The Balaban J connectivity index is -0.000000320. The van der Waals surface area contributed by atoms with Gasteiger partial charge in [-0.2, -0.15) is 0 Å². The van der Waals surface area contributed by atoms with Crippen LogP contribution in [0, 0.1) is 0 Å². The van der Waals surface area contributed by atoms with E-state index in [4.69, 9.17) is 16.7 Å². The largest absolute Gasteiger partial charge is 0.392 e. The summed E-state index contributed by atoms with van der Waals surface area (Å²) < 4.78 is 0. The van der Waals surface area contributed by atoms with Crippen LogP contribution >= 0.6 is 24.0 Å². The lowest BCUT2D eigenvalue weighted by molar-refractivity contribution is 0.173. The highest BCUT2D eigenvalue weighted by Crippen LogP contribution is 1.94. The summed E-state index contributed by atoms with van der Waals surface area (Å²) in [5.41, 5.74) is 0.